The summed E-state index contributed by atoms with van der Waals surface area (Å²) < 4.78 is 15.6. The van der Waals surface area contributed by atoms with Crippen LogP contribution in [0.1, 0.15) is 39.0 Å². The lowest BCUT2D eigenvalue weighted by Crippen LogP contribution is -2.20. The number of rotatable bonds is 10. The Balaban J connectivity index is 1.89. The summed E-state index contributed by atoms with van der Waals surface area (Å²) in [4.78, 5) is 11.3. The average Bonchev–Trinajstić information content (AvgIpc) is 2.42. The minimum atomic E-state index is 0.202. The third kappa shape index (κ3) is 7.88. The maximum Gasteiger partial charge on any atom is 0.146 e. The molecule has 0 spiro atoms. The van der Waals surface area contributed by atoms with Crippen LogP contribution in [0.2, 0.25) is 0 Å². The van der Waals surface area contributed by atoms with Crippen molar-refractivity contribution in [1.29, 1.82) is 0 Å². The zero-order chi connectivity index (χ0) is 13.9. The molecule has 0 aromatic carbocycles. The Morgan fingerprint density at radius 2 is 1.68 bits per heavy atom. The van der Waals surface area contributed by atoms with Gasteiger partial charge in [0.2, 0.25) is 0 Å². The fraction of sp³-hybridized carbons (Fsp3) is 0.929. The number of Topliss-reactive ketones (excluding diaryl/α,β-unsaturated/α-hetero) is 1. The molecular weight excluding hydrogens is 268 g/mol. The summed E-state index contributed by atoms with van der Waals surface area (Å²) in [6, 6.07) is 0.202. The second kappa shape index (κ2) is 10.6. The Bertz CT molecular complexity index is 240. The largest absolute Gasteiger partial charge is 0.363 e. The number of carbonyl (C=O) groups is 1. The van der Waals surface area contributed by atoms with Crippen LogP contribution < -0.4 is 0 Å². The van der Waals surface area contributed by atoms with Crippen molar-refractivity contribution in [2.24, 2.45) is 11.8 Å². The zero-order valence-corrected chi connectivity index (χ0v) is 12.5. The summed E-state index contributed by atoms with van der Waals surface area (Å²) in [5, 5.41) is 0. The smallest absolute Gasteiger partial charge is 0.146 e. The van der Waals surface area contributed by atoms with Crippen molar-refractivity contribution in [2.45, 2.75) is 39.0 Å². The lowest BCUT2D eigenvalue weighted by atomic mass is 9.79. The van der Waals surface area contributed by atoms with Crippen LogP contribution in [0.5, 0.6) is 0 Å². The molecule has 0 aromatic rings. The normalized spacial score (nSPS) is 23.5. The summed E-state index contributed by atoms with van der Waals surface area (Å²) in [5.41, 5.74) is 0. The van der Waals surface area contributed by atoms with Gasteiger partial charge in [0.15, 0.2) is 0 Å². The highest BCUT2D eigenvalue weighted by Crippen LogP contribution is 2.31. The Hall–Kier alpha value is -0.160. The van der Waals surface area contributed by atoms with Crippen LogP contribution in [0.15, 0.2) is 0 Å². The second-order valence-corrected chi connectivity index (χ2v) is 5.29. The van der Waals surface area contributed by atoms with Gasteiger partial charge in [0, 0.05) is 12.5 Å². The average molecular weight is 293 g/mol. The van der Waals surface area contributed by atoms with E-state index in [4.69, 9.17) is 25.8 Å². The number of hydrogen-bond donors (Lipinski definition) is 0. The van der Waals surface area contributed by atoms with Crippen LogP contribution in [-0.2, 0) is 19.0 Å². The van der Waals surface area contributed by atoms with Crippen LogP contribution in [-0.4, -0.2) is 38.5 Å². The van der Waals surface area contributed by atoms with Crippen LogP contribution in [0, 0.1) is 11.8 Å². The minimum Gasteiger partial charge on any atom is -0.363 e. The lowest BCUT2D eigenvalue weighted by molar-refractivity contribution is -0.122. The lowest BCUT2D eigenvalue weighted by Gasteiger charge is -2.26. The first-order valence-corrected chi connectivity index (χ1v) is 7.57. The number of alkyl halides is 1. The fourth-order valence-corrected chi connectivity index (χ4v) is 2.57. The van der Waals surface area contributed by atoms with Crippen molar-refractivity contribution in [3.05, 3.63) is 0 Å². The molecule has 0 radical (unpaired) electrons. The summed E-state index contributed by atoms with van der Waals surface area (Å²) in [7, 11) is 0. The SMILES string of the molecule is CC(=O)C1CCC(CCOCOCCOCCl)CC1. The molecule has 0 saturated heterocycles. The predicted molar refractivity (Wildman–Crippen MR) is 74.2 cm³/mol. The van der Waals surface area contributed by atoms with Crippen LogP contribution >= 0.6 is 11.6 Å². The van der Waals surface area contributed by atoms with Gasteiger partial charge in [-0.2, -0.15) is 0 Å². The van der Waals surface area contributed by atoms with E-state index in [2.05, 4.69) is 0 Å². The molecule has 19 heavy (non-hydrogen) atoms. The monoisotopic (exact) mass is 292 g/mol. The van der Waals surface area contributed by atoms with E-state index in [1.54, 1.807) is 6.92 Å². The first-order valence-electron chi connectivity index (χ1n) is 7.03. The molecule has 0 atom stereocenters. The second-order valence-electron chi connectivity index (χ2n) is 5.07. The summed E-state index contributed by atoms with van der Waals surface area (Å²) in [6.45, 7) is 3.76. The van der Waals surface area contributed by atoms with Gasteiger partial charge in [0.1, 0.15) is 18.6 Å². The van der Waals surface area contributed by atoms with Crippen molar-refractivity contribution >= 4 is 17.4 Å². The standard InChI is InChI=1S/C14H25ClO4/c1-12(16)14-4-2-13(3-5-14)6-7-18-11-19-9-8-17-10-15/h13-14H,2-11H2,1H3. The summed E-state index contributed by atoms with van der Waals surface area (Å²) in [5.74, 6) is 1.36. The van der Waals surface area contributed by atoms with Gasteiger partial charge >= 0.3 is 0 Å². The number of halogens is 1. The van der Waals surface area contributed by atoms with Crippen molar-refractivity contribution in [2.75, 3.05) is 32.7 Å². The molecular formula is C14H25ClO4. The van der Waals surface area contributed by atoms with E-state index in [-0.39, 0.29) is 6.07 Å². The topological polar surface area (TPSA) is 44.8 Å². The van der Waals surface area contributed by atoms with Crippen molar-refractivity contribution < 1.29 is 19.0 Å². The van der Waals surface area contributed by atoms with Gasteiger partial charge in [0.05, 0.1) is 13.2 Å². The molecule has 112 valence electrons. The number of carbonyl (C=O) groups excluding carboxylic acids is 1. The molecule has 1 saturated carbocycles. The molecule has 1 fully saturated rings. The molecule has 0 unspecified atom stereocenters. The first kappa shape index (κ1) is 16.9. The van der Waals surface area contributed by atoms with Gasteiger partial charge in [-0.1, -0.05) is 11.6 Å². The van der Waals surface area contributed by atoms with Gasteiger partial charge < -0.3 is 14.2 Å². The molecule has 0 aliphatic heterocycles. The van der Waals surface area contributed by atoms with E-state index in [9.17, 15) is 4.79 Å². The van der Waals surface area contributed by atoms with E-state index in [1.165, 1.54) is 0 Å². The molecule has 4 nitrogen and oxygen atoms in total. The van der Waals surface area contributed by atoms with Gasteiger partial charge in [-0.15, -0.1) is 0 Å². The number of ether oxygens (including phenoxy) is 3. The minimum absolute atomic E-state index is 0.202. The highest BCUT2D eigenvalue weighted by molar-refractivity contribution is 6.17. The van der Waals surface area contributed by atoms with Gasteiger partial charge in [-0.05, 0) is 44.9 Å². The molecule has 0 bridgehead atoms. The zero-order valence-electron chi connectivity index (χ0n) is 11.7. The first-order chi connectivity index (χ1) is 9.24. The molecule has 0 heterocycles. The molecule has 0 amide bonds. The fourth-order valence-electron chi connectivity index (χ4n) is 2.46. The summed E-state index contributed by atoms with van der Waals surface area (Å²) in [6.07, 6.45) is 5.46. The molecule has 1 aliphatic rings. The quantitative estimate of drug-likeness (QED) is 0.353. The van der Waals surface area contributed by atoms with Gasteiger partial charge in [-0.25, -0.2) is 0 Å². The van der Waals surface area contributed by atoms with Crippen LogP contribution in [0.4, 0.5) is 0 Å². The Morgan fingerprint density at radius 1 is 1.05 bits per heavy atom. The molecule has 5 heteroatoms. The van der Waals surface area contributed by atoms with Gasteiger partial charge in [0.25, 0.3) is 0 Å². The molecule has 1 rings (SSSR count). The van der Waals surface area contributed by atoms with E-state index < -0.39 is 0 Å². The Morgan fingerprint density at radius 3 is 2.32 bits per heavy atom. The third-order valence-corrected chi connectivity index (χ3v) is 3.86. The molecule has 1 aliphatic carbocycles. The van der Waals surface area contributed by atoms with Crippen molar-refractivity contribution in [3.8, 4) is 0 Å². The van der Waals surface area contributed by atoms with E-state index >= 15 is 0 Å². The maximum atomic E-state index is 11.3. The third-order valence-electron chi connectivity index (χ3n) is 3.71. The number of hydrogen-bond acceptors (Lipinski definition) is 4. The van der Waals surface area contributed by atoms with Crippen molar-refractivity contribution in [3.63, 3.8) is 0 Å². The van der Waals surface area contributed by atoms with E-state index in [0.717, 1.165) is 38.7 Å². The van der Waals surface area contributed by atoms with E-state index in [0.29, 0.717) is 37.6 Å². The summed E-state index contributed by atoms with van der Waals surface area (Å²) >= 11 is 5.35. The predicted octanol–water partition coefficient (Wildman–Crippen LogP) is 2.98. The molecule has 0 aromatic heterocycles. The number of ketones is 1. The highest BCUT2D eigenvalue weighted by atomic mass is 35.5. The van der Waals surface area contributed by atoms with E-state index in [1.807, 2.05) is 0 Å². The molecule has 0 N–H and O–H groups in total. The Kier molecular flexibility index (Phi) is 9.43. The van der Waals surface area contributed by atoms with Crippen LogP contribution in [0.25, 0.3) is 0 Å². The highest BCUT2D eigenvalue weighted by Gasteiger charge is 2.23. The van der Waals surface area contributed by atoms with Crippen molar-refractivity contribution in [1.82, 2.24) is 0 Å². The van der Waals surface area contributed by atoms with Gasteiger partial charge in [-0.3, -0.25) is 4.79 Å². The maximum absolute atomic E-state index is 11.3. The van der Waals surface area contributed by atoms with Crippen LogP contribution in [0.3, 0.4) is 0 Å². The Labute approximate surface area is 120 Å².